The number of hydrogen-bond acceptors (Lipinski definition) is 2. The first-order chi connectivity index (χ1) is 32.7. The number of nitrogens with zero attached hydrogens (tertiary/aromatic N) is 3. The van der Waals surface area contributed by atoms with Gasteiger partial charge in [0.15, 0.2) is 0 Å². The van der Waals surface area contributed by atoms with Crippen LogP contribution in [0.5, 0.6) is 0 Å². The molecule has 2 unspecified atom stereocenters. The standard InChI is InChI=1S/C63H45N3/c1-2-14-56-57-15-6-9-19-61(57)65(60(56)18-3-1)53-35-26-45(27-36-53)43-22-31-51(32-23-43)64(55-39-30-49-40-47-12-4-5-13-48(47)41-50(49)42-55)52-33-24-44(25-34-52)46-28-37-54(38-29-46)66-62-20-10-7-16-58(62)59-17-8-11-21-63(59)66/h2-42,56,60H,1H2. The lowest BCUT2D eigenvalue weighted by Gasteiger charge is -2.27. The predicted molar refractivity (Wildman–Crippen MR) is 279 cm³/mol. The molecule has 3 nitrogen and oxygen atoms in total. The van der Waals surface area contributed by atoms with Gasteiger partial charge >= 0.3 is 0 Å². The van der Waals surface area contributed by atoms with Crippen LogP contribution in [0.25, 0.3) is 71.3 Å². The molecule has 13 rings (SSSR count). The first-order valence-corrected chi connectivity index (χ1v) is 23.1. The normalized spacial score (nSPS) is 15.4. The Bertz CT molecular complexity index is 3620. The highest BCUT2D eigenvalue weighted by Gasteiger charge is 2.36. The second kappa shape index (κ2) is 15.7. The minimum atomic E-state index is 0.276. The van der Waals surface area contributed by atoms with Crippen LogP contribution in [0, 0.1) is 0 Å². The number of allylic oxidation sites excluding steroid dienone is 2. The van der Waals surface area contributed by atoms with Gasteiger partial charge in [0.1, 0.15) is 0 Å². The van der Waals surface area contributed by atoms with E-state index in [1.807, 2.05) is 0 Å². The molecule has 0 bridgehead atoms. The average Bonchev–Trinajstić information content (AvgIpc) is 3.76. The van der Waals surface area contributed by atoms with Gasteiger partial charge in [-0.05, 0) is 147 Å². The van der Waals surface area contributed by atoms with E-state index >= 15 is 0 Å². The van der Waals surface area contributed by atoms with Gasteiger partial charge in [-0.25, -0.2) is 0 Å². The molecular weight excluding hydrogens is 799 g/mol. The van der Waals surface area contributed by atoms with Crippen LogP contribution < -0.4 is 9.80 Å². The number of anilines is 5. The fourth-order valence-corrected chi connectivity index (χ4v) is 10.7. The highest BCUT2D eigenvalue weighted by Crippen LogP contribution is 2.48. The summed E-state index contributed by atoms with van der Waals surface area (Å²) in [5.41, 5.74) is 15.6. The average molecular weight is 844 g/mol. The van der Waals surface area contributed by atoms with E-state index in [0.717, 1.165) is 29.2 Å². The molecule has 0 radical (unpaired) electrons. The summed E-state index contributed by atoms with van der Waals surface area (Å²) in [7, 11) is 0. The zero-order valence-corrected chi connectivity index (χ0v) is 36.4. The molecule has 1 aliphatic carbocycles. The van der Waals surface area contributed by atoms with E-state index in [1.165, 1.54) is 82.5 Å². The Morgan fingerprint density at radius 1 is 0.379 bits per heavy atom. The van der Waals surface area contributed by atoms with E-state index in [1.54, 1.807) is 0 Å². The molecule has 0 fully saturated rings. The lowest BCUT2D eigenvalue weighted by atomic mass is 9.95. The first-order valence-electron chi connectivity index (χ1n) is 23.1. The van der Waals surface area contributed by atoms with Crippen LogP contribution in [0.2, 0.25) is 0 Å². The van der Waals surface area contributed by atoms with E-state index in [9.17, 15) is 0 Å². The van der Waals surface area contributed by atoms with E-state index in [2.05, 4.69) is 263 Å². The zero-order chi connectivity index (χ0) is 43.6. The van der Waals surface area contributed by atoms with Crippen LogP contribution in [0.3, 0.4) is 0 Å². The van der Waals surface area contributed by atoms with Gasteiger partial charge in [-0.3, -0.25) is 0 Å². The summed E-state index contributed by atoms with van der Waals surface area (Å²) >= 11 is 0. The fourth-order valence-electron chi connectivity index (χ4n) is 10.7. The van der Waals surface area contributed by atoms with E-state index in [4.69, 9.17) is 0 Å². The molecule has 1 aromatic heterocycles. The lowest BCUT2D eigenvalue weighted by molar-refractivity contribution is 0.755. The second-order valence-corrected chi connectivity index (χ2v) is 17.7. The van der Waals surface area contributed by atoms with E-state index in [-0.39, 0.29) is 6.04 Å². The Hall–Kier alpha value is -8.40. The largest absolute Gasteiger partial charge is 0.333 e. The van der Waals surface area contributed by atoms with Crippen LogP contribution in [-0.4, -0.2) is 10.6 Å². The molecule has 66 heavy (non-hydrogen) atoms. The molecule has 11 aromatic rings. The van der Waals surface area contributed by atoms with Gasteiger partial charge in [0.25, 0.3) is 0 Å². The molecule has 0 saturated carbocycles. The van der Waals surface area contributed by atoms with Crippen molar-refractivity contribution in [3.63, 3.8) is 0 Å². The minimum Gasteiger partial charge on any atom is -0.333 e. The summed E-state index contributed by atoms with van der Waals surface area (Å²) in [6.45, 7) is 0. The van der Waals surface area contributed by atoms with Crippen molar-refractivity contribution in [3.8, 4) is 27.9 Å². The third-order valence-corrected chi connectivity index (χ3v) is 13.9. The first kappa shape index (κ1) is 38.1. The van der Waals surface area contributed by atoms with Crippen molar-refractivity contribution in [3.05, 3.63) is 254 Å². The number of hydrogen-bond donors (Lipinski definition) is 0. The lowest BCUT2D eigenvalue weighted by Crippen LogP contribution is -2.27. The van der Waals surface area contributed by atoms with Crippen LogP contribution >= 0.6 is 0 Å². The molecule has 10 aromatic carbocycles. The highest BCUT2D eigenvalue weighted by atomic mass is 15.2. The van der Waals surface area contributed by atoms with Gasteiger partial charge < -0.3 is 14.4 Å². The van der Waals surface area contributed by atoms with Crippen LogP contribution in [0.1, 0.15) is 17.9 Å². The van der Waals surface area contributed by atoms with Crippen molar-refractivity contribution in [2.45, 2.75) is 18.4 Å². The zero-order valence-electron chi connectivity index (χ0n) is 36.4. The molecule has 0 saturated heterocycles. The quantitative estimate of drug-likeness (QED) is 0.117. The second-order valence-electron chi connectivity index (χ2n) is 17.7. The van der Waals surface area contributed by atoms with Crippen molar-refractivity contribution < 1.29 is 0 Å². The number of fused-ring (bicyclic) bond motifs is 8. The van der Waals surface area contributed by atoms with Crippen molar-refractivity contribution in [2.24, 2.45) is 0 Å². The van der Waals surface area contributed by atoms with Gasteiger partial charge in [0.2, 0.25) is 0 Å². The maximum atomic E-state index is 2.51. The highest BCUT2D eigenvalue weighted by molar-refractivity contribution is 6.09. The number of rotatable bonds is 7. The SMILES string of the molecule is C1=CC2c3ccccc3N(c3ccc(-c4ccc(N(c5ccc(-c6ccc(-n7c8ccccc8c8ccccc87)cc6)cc5)c5ccc6cc7ccccc7cc6c5)cc4)cc3)C2C=CC1. The molecular formula is C63H45N3. The topological polar surface area (TPSA) is 11.4 Å². The summed E-state index contributed by atoms with van der Waals surface area (Å²) in [6.07, 6.45) is 10.4. The summed E-state index contributed by atoms with van der Waals surface area (Å²) < 4.78 is 2.37. The number of para-hydroxylation sites is 3. The molecule has 312 valence electrons. The van der Waals surface area contributed by atoms with Crippen molar-refractivity contribution in [2.75, 3.05) is 9.80 Å². The van der Waals surface area contributed by atoms with Gasteiger partial charge in [-0.15, -0.1) is 0 Å². The smallest absolute Gasteiger partial charge is 0.0626 e. The van der Waals surface area contributed by atoms with Crippen molar-refractivity contribution in [1.82, 2.24) is 4.57 Å². The third-order valence-electron chi connectivity index (χ3n) is 13.9. The number of aromatic nitrogens is 1. The molecule has 2 atom stereocenters. The molecule has 0 N–H and O–H groups in total. The molecule has 3 heteroatoms. The van der Waals surface area contributed by atoms with Gasteiger partial charge in [0.05, 0.1) is 17.1 Å². The summed E-state index contributed by atoms with van der Waals surface area (Å²) in [5.74, 6) is 0.359. The Kier molecular flexibility index (Phi) is 9.06. The van der Waals surface area contributed by atoms with Crippen molar-refractivity contribution >= 4 is 71.8 Å². The Balaban J connectivity index is 0.833. The minimum absolute atomic E-state index is 0.276. The van der Waals surface area contributed by atoms with Gasteiger partial charge in [-0.2, -0.15) is 0 Å². The maximum Gasteiger partial charge on any atom is 0.0626 e. The summed E-state index contributed by atoms with van der Waals surface area (Å²) in [5, 5.41) is 7.49. The summed E-state index contributed by atoms with van der Waals surface area (Å²) in [4.78, 5) is 4.89. The van der Waals surface area contributed by atoms with E-state index in [0.29, 0.717) is 5.92 Å². The number of benzene rings is 10. The van der Waals surface area contributed by atoms with Gasteiger partial charge in [0, 0.05) is 50.8 Å². The fraction of sp³-hybridized carbons (Fsp3) is 0.0476. The van der Waals surface area contributed by atoms with E-state index < -0.39 is 0 Å². The van der Waals surface area contributed by atoms with Gasteiger partial charge in [-0.1, -0.05) is 158 Å². The maximum absolute atomic E-state index is 2.51. The molecule has 2 heterocycles. The molecule has 2 aliphatic rings. The van der Waals surface area contributed by atoms with Crippen LogP contribution in [-0.2, 0) is 0 Å². The predicted octanol–water partition coefficient (Wildman–Crippen LogP) is 17.0. The summed E-state index contributed by atoms with van der Waals surface area (Å²) in [6, 6.07) is 82.8. The Labute approximate surface area is 385 Å². The van der Waals surface area contributed by atoms with Crippen LogP contribution in [0.4, 0.5) is 28.4 Å². The Morgan fingerprint density at radius 2 is 0.864 bits per heavy atom. The third kappa shape index (κ3) is 6.43. The Morgan fingerprint density at radius 3 is 1.50 bits per heavy atom. The molecule has 1 aliphatic heterocycles. The monoisotopic (exact) mass is 843 g/mol. The van der Waals surface area contributed by atoms with Crippen molar-refractivity contribution in [1.29, 1.82) is 0 Å². The molecule has 0 amide bonds. The molecule has 0 spiro atoms. The van der Waals surface area contributed by atoms with Crippen LogP contribution in [0.15, 0.2) is 249 Å².